The first-order valence-corrected chi connectivity index (χ1v) is 8.07. The third-order valence-corrected chi connectivity index (χ3v) is 5.11. The highest BCUT2D eigenvalue weighted by molar-refractivity contribution is 5.94. The topological polar surface area (TPSA) is 58.4 Å². The molecule has 3 atom stereocenters. The molecule has 1 aromatic rings. The zero-order valence-corrected chi connectivity index (χ0v) is 12.7. The van der Waals surface area contributed by atoms with Crippen molar-refractivity contribution < 1.29 is 4.79 Å². The Labute approximate surface area is 126 Å². The molecule has 1 aromatic carbocycles. The Bertz CT molecular complexity index is 499. The van der Waals surface area contributed by atoms with Crippen LogP contribution < -0.4 is 11.1 Å². The van der Waals surface area contributed by atoms with E-state index in [0.29, 0.717) is 11.7 Å². The predicted molar refractivity (Wildman–Crippen MR) is 86.0 cm³/mol. The molecule has 4 heteroatoms. The van der Waals surface area contributed by atoms with E-state index in [9.17, 15) is 4.79 Å². The van der Waals surface area contributed by atoms with Crippen LogP contribution >= 0.6 is 0 Å². The van der Waals surface area contributed by atoms with Crippen molar-refractivity contribution in [3.8, 4) is 0 Å². The number of amides is 1. The molecule has 0 aromatic heterocycles. The Balaban J connectivity index is 1.63. The lowest BCUT2D eigenvalue weighted by atomic mass is 9.85. The maximum atomic E-state index is 12.5. The molecule has 1 heterocycles. The lowest BCUT2D eigenvalue weighted by Crippen LogP contribution is -2.46. The number of fused-ring (bicyclic) bond motifs is 1. The van der Waals surface area contributed by atoms with Crippen LogP contribution in [0.4, 0.5) is 11.4 Å². The standard InChI is InChI=1S/C17H25N3O/c1-12(17(21)19-15-8-6-14(18)7-9-15)20-11-10-13-4-2-3-5-16(13)20/h6-9,12-13,16H,2-5,10-11,18H2,1H3,(H,19,21). The lowest BCUT2D eigenvalue weighted by molar-refractivity contribution is -0.121. The van der Waals surface area contributed by atoms with Crippen molar-refractivity contribution in [3.63, 3.8) is 0 Å². The van der Waals surface area contributed by atoms with Gasteiger partial charge in [0.15, 0.2) is 0 Å². The minimum absolute atomic E-state index is 0.0596. The van der Waals surface area contributed by atoms with E-state index in [4.69, 9.17) is 5.73 Å². The molecule has 1 aliphatic heterocycles. The number of hydrogen-bond donors (Lipinski definition) is 2. The third kappa shape index (κ3) is 3.05. The highest BCUT2D eigenvalue weighted by Gasteiger charge is 2.39. The van der Waals surface area contributed by atoms with E-state index in [1.54, 1.807) is 0 Å². The number of carbonyl (C=O) groups is 1. The Morgan fingerprint density at radius 1 is 1.24 bits per heavy atom. The number of anilines is 2. The SMILES string of the molecule is CC(C(=O)Nc1ccc(N)cc1)N1CCC2CCCCC21. The fourth-order valence-electron chi connectivity index (χ4n) is 3.89. The van der Waals surface area contributed by atoms with Crippen LogP contribution in [0.3, 0.4) is 0 Å². The van der Waals surface area contributed by atoms with Gasteiger partial charge < -0.3 is 11.1 Å². The number of rotatable bonds is 3. The summed E-state index contributed by atoms with van der Waals surface area (Å²) < 4.78 is 0. The first-order chi connectivity index (χ1) is 10.1. The van der Waals surface area contributed by atoms with Gasteiger partial charge >= 0.3 is 0 Å². The van der Waals surface area contributed by atoms with Gasteiger partial charge in [-0.25, -0.2) is 0 Å². The summed E-state index contributed by atoms with van der Waals surface area (Å²) >= 11 is 0. The van der Waals surface area contributed by atoms with Gasteiger partial charge in [-0.15, -0.1) is 0 Å². The Morgan fingerprint density at radius 2 is 1.95 bits per heavy atom. The number of nitrogen functional groups attached to an aromatic ring is 1. The monoisotopic (exact) mass is 287 g/mol. The number of hydrogen-bond acceptors (Lipinski definition) is 3. The van der Waals surface area contributed by atoms with Gasteiger partial charge in [-0.3, -0.25) is 9.69 Å². The molecule has 0 spiro atoms. The van der Waals surface area contributed by atoms with Crippen molar-refractivity contribution in [2.45, 2.75) is 51.1 Å². The van der Waals surface area contributed by atoms with E-state index in [1.165, 1.54) is 32.1 Å². The van der Waals surface area contributed by atoms with Crippen molar-refractivity contribution in [2.75, 3.05) is 17.6 Å². The van der Waals surface area contributed by atoms with Crippen LogP contribution in [0.5, 0.6) is 0 Å². The molecule has 2 fully saturated rings. The number of benzene rings is 1. The number of nitrogens with two attached hydrogens (primary N) is 1. The summed E-state index contributed by atoms with van der Waals surface area (Å²) in [6.07, 6.45) is 6.52. The normalized spacial score (nSPS) is 27.1. The quantitative estimate of drug-likeness (QED) is 0.840. The second-order valence-corrected chi connectivity index (χ2v) is 6.43. The van der Waals surface area contributed by atoms with Crippen molar-refractivity contribution in [1.29, 1.82) is 0 Å². The summed E-state index contributed by atoms with van der Waals surface area (Å²) in [6.45, 7) is 3.09. The smallest absolute Gasteiger partial charge is 0.241 e. The predicted octanol–water partition coefficient (Wildman–Crippen LogP) is 2.86. The molecular formula is C17H25N3O. The molecule has 1 saturated heterocycles. The molecule has 21 heavy (non-hydrogen) atoms. The first-order valence-electron chi connectivity index (χ1n) is 8.07. The van der Waals surface area contributed by atoms with Gasteiger partial charge in [-0.05, 0) is 62.9 Å². The molecule has 0 radical (unpaired) electrons. The summed E-state index contributed by atoms with van der Waals surface area (Å²) in [5, 5.41) is 3.01. The molecule has 3 rings (SSSR count). The van der Waals surface area contributed by atoms with Gasteiger partial charge in [0.05, 0.1) is 6.04 Å². The molecule has 1 aliphatic carbocycles. The Morgan fingerprint density at radius 3 is 2.71 bits per heavy atom. The van der Waals surface area contributed by atoms with E-state index in [2.05, 4.69) is 10.2 Å². The van der Waals surface area contributed by atoms with Crippen molar-refractivity contribution in [3.05, 3.63) is 24.3 Å². The minimum Gasteiger partial charge on any atom is -0.399 e. The number of nitrogens with zero attached hydrogens (tertiary/aromatic N) is 1. The Kier molecular flexibility index (Phi) is 4.15. The fraction of sp³-hybridized carbons (Fsp3) is 0.588. The summed E-state index contributed by atoms with van der Waals surface area (Å²) in [4.78, 5) is 14.9. The largest absolute Gasteiger partial charge is 0.399 e. The van der Waals surface area contributed by atoms with E-state index >= 15 is 0 Å². The van der Waals surface area contributed by atoms with E-state index in [-0.39, 0.29) is 11.9 Å². The van der Waals surface area contributed by atoms with Gasteiger partial charge in [0.25, 0.3) is 0 Å². The van der Waals surface area contributed by atoms with Crippen molar-refractivity contribution in [1.82, 2.24) is 4.90 Å². The van der Waals surface area contributed by atoms with Crippen LogP contribution in [0.2, 0.25) is 0 Å². The summed E-state index contributed by atoms with van der Waals surface area (Å²) in [5.41, 5.74) is 7.20. The molecule has 1 saturated carbocycles. The fourth-order valence-corrected chi connectivity index (χ4v) is 3.89. The van der Waals surface area contributed by atoms with Crippen molar-refractivity contribution in [2.24, 2.45) is 5.92 Å². The minimum atomic E-state index is -0.0596. The molecule has 1 amide bonds. The highest BCUT2D eigenvalue weighted by Crippen LogP contribution is 2.37. The molecule has 4 nitrogen and oxygen atoms in total. The second-order valence-electron chi connectivity index (χ2n) is 6.43. The number of likely N-dealkylation sites (tertiary alicyclic amines) is 1. The van der Waals surface area contributed by atoms with Crippen LogP contribution in [0.1, 0.15) is 39.0 Å². The van der Waals surface area contributed by atoms with Gasteiger partial charge in [0, 0.05) is 17.4 Å². The van der Waals surface area contributed by atoms with Crippen LogP contribution in [-0.4, -0.2) is 29.4 Å². The molecule has 3 N–H and O–H groups in total. The maximum absolute atomic E-state index is 12.5. The highest BCUT2D eigenvalue weighted by atomic mass is 16.2. The maximum Gasteiger partial charge on any atom is 0.241 e. The molecule has 0 bridgehead atoms. The van der Waals surface area contributed by atoms with Crippen LogP contribution in [0.15, 0.2) is 24.3 Å². The third-order valence-electron chi connectivity index (χ3n) is 5.11. The summed E-state index contributed by atoms with van der Waals surface area (Å²) in [5.74, 6) is 0.900. The van der Waals surface area contributed by atoms with Crippen molar-refractivity contribution >= 4 is 17.3 Å². The lowest BCUT2D eigenvalue weighted by Gasteiger charge is -2.34. The average molecular weight is 287 g/mol. The van der Waals surface area contributed by atoms with Gasteiger partial charge in [0.1, 0.15) is 0 Å². The average Bonchev–Trinajstić information content (AvgIpc) is 2.92. The molecule has 2 aliphatic rings. The van der Waals surface area contributed by atoms with Gasteiger partial charge in [-0.2, -0.15) is 0 Å². The number of nitrogens with one attached hydrogen (secondary N) is 1. The second kappa shape index (κ2) is 6.06. The van der Waals surface area contributed by atoms with E-state index < -0.39 is 0 Å². The van der Waals surface area contributed by atoms with E-state index in [1.807, 2.05) is 31.2 Å². The first kappa shape index (κ1) is 14.4. The van der Waals surface area contributed by atoms with Crippen LogP contribution in [0.25, 0.3) is 0 Å². The molecule has 3 unspecified atom stereocenters. The molecular weight excluding hydrogens is 262 g/mol. The van der Waals surface area contributed by atoms with Gasteiger partial charge in [-0.1, -0.05) is 12.8 Å². The van der Waals surface area contributed by atoms with Crippen LogP contribution in [0, 0.1) is 5.92 Å². The Hall–Kier alpha value is -1.55. The van der Waals surface area contributed by atoms with Crippen LogP contribution in [-0.2, 0) is 4.79 Å². The van der Waals surface area contributed by atoms with Gasteiger partial charge in [0.2, 0.25) is 5.91 Å². The zero-order valence-electron chi connectivity index (χ0n) is 12.7. The number of carbonyl (C=O) groups excluding carboxylic acids is 1. The summed E-state index contributed by atoms with van der Waals surface area (Å²) in [6, 6.07) is 7.89. The van der Waals surface area contributed by atoms with E-state index in [0.717, 1.165) is 18.2 Å². The summed E-state index contributed by atoms with van der Waals surface area (Å²) in [7, 11) is 0. The zero-order chi connectivity index (χ0) is 14.8. The molecule has 114 valence electrons.